The van der Waals surface area contributed by atoms with Crippen LogP contribution < -0.4 is 10.1 Å². The maximum absolute atomic E-state index is 12.3. The highest BCUT2D eigenvalue weighted by Gasteiger charge is 2.15. The topological polar surface area (TPSA) is 118 Å². The van der Waals surface area contributed by atoms with Gasteiger partial charge in [-0.05, 0) is 36.4 Å². The molecule has 3 aromatic carbocycles. The number of nitriles is 1. The molecule has 0 aliphatic heterocycles. The van der Waals surface area contributed by atoms with Crippen LogP contribution in [0.5, 0.6) is 5.75 Å². The summed E-state index contributed by atoms with van der Waals surface area (Å²) in [6, 6.07) is 22.1. The van der Waals surface area contributed by atoms with E-state index < -0.39 is 10.8 Å². The van der Waals surface area contributed by atoms with Crippen molar-refractivity contribution in [3.63, 3.8) is 0 Å². The minimum absolute atomic E-state index is 0.180. The first-order chi connectivity index (χ1) is 17.4. The van der Waals surface area contributed by atoms with Crippen LogP contribution in [0.25, 0.3) is 22.9 Å². The molecule has 4 aromatic rings. The van der Waals surface area contributed by atoms with Gasteiger partial charge in [0.05, 0.1) is 16.2 Å². The zero-order valence-corrected chi connectivity index (χ0v) is 20.1. The fraction of sp³-hybridized carbons (Fsp3) is 0.0385. The van der Waals surface area contributed by atoms with Crippen molar-refractivity contribution in [2.75, 3.05) is 11.9 Å². The summed E-state index contributed by atoms with van der Waals surface area (Å²) in [6.45, 7) is -0.326. The van der Waals surface area contributed by atoms with E-state index in [1.807, 2.05) is 23.6 Å². The van der Waals surface area contributed by atoms with Gasteiger partial charge in [0.25, 0.3) is 11.6 Å². The Morgan fingerprint density at radius 3 is 2.61 bits per heavy atom. The molecule has 1 N–H and O–H groups in total. The van der Waals surface area contributed by atoms with E-state index in [-0.39, 0.29) is 29.2 Å². The molecule has 0 saturated heterocycles. The molecule has 8 nitrogen and oxygen atoms in total. The third-order valence-electron chi connectivity index (χ3n) is 4.92. The van der Waals surface area contributed by atoms with E-state index in [1.54, 1.807) is 36.4 Å². The summed E-state index contributed by atoms with van der Waals surface area (Å²) in [5, 5.41) is 26.7. The van der Waals surface area contributed by atoms with Gasteiger partial charge in [-0.15, -0.1) is 11.3 Å². The monoisotopic (exact) mass is 516 g/mol. The molecule has 36 heavy (non-hydrogen) atoms. The molecular weight excluding hydrogens is 500 g/mol. The van der Waals surface area contributed by atoms with Gasteiger partial charge in [0.1, 0.15) is 16.8 Å². The third-order valence-corrected chi connectivity index (χ3v) is 6.04. The van der Waals surface area contributed by atoms with Gasteiger partial charge >= 0.3 is 0 Å². The van der Waals surface area contributed by atoms with Crippen molar-refractivity contribution in [3.8, 4) is 23.1 Å². The quantitative estimate of drug-likeness (QED) is 0.163. The number of carbonyl (C=O) groups is 1. The van der Waals surface area contributed by atoms with Crippen LogP contribution >= 0.6 is 22.9 Å². The molecule has 1 amide bonds. The average Bonchev–Trinajstić information content (AvgIpc) is 3.37. The Balaban J connectivity index is 1.60. The Kier molecular flexibility index (Phi) is 7.70. The second-order valence-electron chi connectivity index (χ2n) is 7.40. The number of halogens is 1. The lowest BCUT2D eigenvalue weighted by Gasteiger charge is -2.10. The van der Waals surface area contributed by atoms with Crippen molar-refractivity contribution < 1.29 is 14.5 Å². The Bertz CT molecular complexity index is 1480. The number of nitro benzene ring substituents is 1. The smallest absolute Gasteiger partial charge is 0.270 e. The normalized spacial score (nSPS) is 10.9. The van der Waals surface area contributed by atoms with Crippen molar-refractivity contribution in [3.05, 3.63) is 104 Å². The molecule has 10 heteroatoms. The van der Waals surface area contributed by atoms with Crippen LogP contribution in [-0.2, 0) is 4.79 Å². The molecule has 0 unspecified atom stereocenters. The third kappa shape index (κ3) is 6.13. The second-order valence-corrected chi connectivity index (χ2v) is 8.69. The van der Waals surface area contributed by atoms with Gasteiger partial charge in [-0.1, -0.05) is 41.9 Å². The summed E-state index contributed by atoms with van der Waals surface area (Å²) >= 11 is 7.21. The van der Waals surface area contributed by atoms with Crippen LogP contribution in [0, 0.1) is 21.4 Å². The summed E-state index contributed by atoms with van der Waals surface area (Å²) in [4.78, 5) is 27.6. The number of carbonyl (C=O) groups excluding carboxylic acids is 1. The van der Waals surface area contributed by atoms with Crippen LogP contribution in [0.1, 0.15) is 10.6 Å². The van der Waals surface area contributed by atoms with Crippen LogP contribution in [0.4, 0.5) is 11.4 Å². The summed E-state index contributed by atoms with van der Waals surface area (Å²) in [5.41, 5.74) is 2.40. The second kappa shape index (κ2) is 11.3. The fourth-order valence-corrected chi connectivity index (χ4v) is 4.12. The Morgan fingerprint density at radius 1 is 1.17 bits per heavy atom. The molecule has 178 valence electrons. The lowest BCUT2D eigenvalue weighted by Crippen LogP contribution is -2.20. The van der Waals surface area contributed by atoms with E-state index in [4.69, 9.17) is 16.3 Å². The van der Waals surface area contributed by atoms with Gasteiger partial charge < -0.3 is 10.1 Å². The number of nitrogens with one attached hydrogen (secondary N) is 1. The Morgan fingerprint density at radius 2 is 1.92 bits per heavy atom. The molecule has 1 aromatic heterocycles. The maximum atomic E-state index is 12.3. The number of allylic oxidation sites excluding steroid dienone is 1. The number of benzene rings is 3. The number of amides is 1. The Hall–Kier alpha value is -4.52. The molecule has 0 bridgehead atoms. The van der Waals surface area contributed by atoms with Crippen LogP contribution in [0.3, 0.4) is 0 Å². The van der Waals surface area contributed by atoms with Crippen molar-refractivity contribution in [1.82, 2.24) is 4.98 Å². The highest BCUT2D eigenvalue weighted by molar-refractivity contribution is 7.11. The number of anilines is 1. The molecule has 0 aliphatic rings. The van der Waals surface area contributed by atoms with E-state index in [9.17, 15) is 20.2 Å². The van der Waals surface area contributed by atoms with Gasteiger partial charge in [-0.25, -0.2) is 4.98 Å². The van der Waals surface area contributed by atoms with Crippen molar-refractivity contribution >= 4 is 51.9 Å². The van der Waals surface area contributed by atoms with Gasteiger partial charge in [-0.3, -0.25) is 14.9 Å². The summed E-state index contributed by atoms with van der Waals surface area (Å²) < 4.78 is 5.65. The molecule has 4 rings (SSSR count). The number of nitro groups is 1. The number of rotatable bonds is 8. The number of para-hydroxylation sites is 1. The van der Waals surface area contributed by atoms with Crippen molar-refractivity contribution in [2.24, 2.45) is 0 Å². The number of aromatic nitrogens is 1. The number of non-ortho nitro benzene ring substituents is 1. The van der Waals surface area contributed by atoms with Gasteiger partial charge in [0.2, 0.25) is 0 Å². The first kappa shape index (κ1) is 24.6. The zero-order valence-electron chi connectivity index (χ0n) is 18.6. The van der Waals surface area contributed by atoms with Crippen LogP contribution in [-0.4, -0.2) is 22.4 Å². The number of thiazole rings is 1. The van der Waals surface area contributed by atoms with Crippen molar-refractivity contribution in [1.29, 1.82) is 5.26 Å². The highest BCUT2D eigenvalue weighted by Crippen LogP contribution is 2.31. The summed E-state index contributed by atoms with van der Waals surface area (Å²) in [5.74, 6) is -0.187. The number of nitrogens with zero attached hydrogens (tertiary/aromatic N) is 3. The lowest BCUT2D eigenvalue weighted by atomic mass is 10.1. The van der Waals surface area contributed by atoms with Gasteiger partial charge in [0, 0.05) is 39.3 Å². The average molecular weight is 517 g/mol. The maximum Gasteiger partial charge on any atom is 0.270 e. The van der Waals surface area contributed by atoms with E-state index in [0.29, 0.717) is 21.4 Å². The van der Waals surface area contributed by atoms with E-state index in [2.05, 4.69) is 16.4 Å². The molecule has 0 saturated carbocycles. The van der Waals surface area contributed by atoms with Gasteiger partial charge in [0.15, 0.2) is 6.61 Å². The van der Waals surface area contributed by atoms with Crippen LogP contribution in [0.2, 0.25) is 5.02 Å². The molecule has 1 heterocycles. The molecule has 0 fully saturated rings. The summed E-state index contributed by atoms with van der Waals surface area (Å²) in [7, 11) is 0. The highest BCUT2D eigenvalue weighted by atomic mass is 35.5. The van der Waals surface area contributed by atoms with E-state index in [1.165, 1.54) is 35.6 Å². The largest absolute Gasteiger partial charge is 0.483 e. The number of ether oxygens (including phenoxy) is 1. The zero-order chi connectivity index (χ0) is 25.5. The van der Waals surface area contributed by atoms with Crippen molar-refractivity contribution in [2.45, 2.75) is 0 Å². The first-order valence-corrected chi connectivity index (χ1v) is 11.8. The number of hydrogen-bond donors (Lipinski definition) is 1. The minimum atomic E-state index is -0.544. The predicted molar refractivity (Wildman–Crippen MR) is 140 cm³/mol. The molecule has 0 radical (unpaired) electrons. The minimum Gasteiger partial charge on any atom is -0.483 e. The molecular formula is C26H17ClN4O4S. The van der Waals surface area contributed by atoms with E-state index in [0.717, 1.165) is 5.56 Å². The predicted octanol–water partition coefficient (Wildman–Crippen LogP) is 6.45. The fourth-order valence-electron chi connectivity index (χ4n) is 3.20. The standard InChI is InChI=1S/C26H17ClN4O4S/c27-20-8-6-17(7-9-20)23-16-36-26(30-23)19(14-28)12-18-13-22(31(33)34)10-11-24(18)35-15-25(32)29-21-4-2-1-3-5-21/h1-13,16H,15H2,(H,29,32). The Labute approximate surface area is 215 Å². The number of hydrogen-bond acceptors (Lipinski definition) is 7. The van der Waals surface area contributed by atoms with Crippen LogP contribution in [0.15, 0.2) is 78.2 Å². The molecule has 0 aliphatic carbocycles. The summed E-state index contributed by atoms with van der Waals surface area (Å²) in [6.07, 6.45) is 1.46. The van der Waals surface area contributed by atoms with E-state index >= 15 is 0 Å². The SMILES string of the molecule is N#CC(=Cc1cc([N+](=O)[O-])ccc1OCC(=O)Nc1ccccc1)c1nc(-c2ccc(Cl)cc2)cs1. The first-order valence-electron chi connectivity index (χ1n) is 10.5. The lowest BCUT2D eigenvalue weighted by molar-refractivity contribution is -0.384. The molecule has 0 atom stereocenters. The van der Waals surface area contributed by atoms with Gasteiger partial charge in [-0.2, -0.15) is 5.26 Å². The molecule has 0 spiro atoms.